The minimum Gasteiger partial charge on any atom is -0.497 e. The Bertz CT molecular complexity index is 1490. The second-order valence-electron chi connectivity index (χ2n) is 8.87. The number of hydrogen-bond donors (Lipinski definition) is 1. The zero-order valence-electron chi connectivity index (χ0n) is 20.6. The van der Waals surface area contributed by atoms with Crippen LogP contribution in [0.4, 0.5) is 11.5 Å². The minimum atomic E-state index is -3.53. The molecular formula is C27H28BrN5O3S. The Kier molecular flexibility index (Phi) is 7.43. The van der Waals surface area contributed by atoms with Gasteiger partial charge in [0.05, 0.1) is 23.6 Å². The van der Waals surface area contributed by atoms with Crippen LogP contribution in [0.5, 0.6) is 5.75 Å². The lowest BCUT2D eigenvalue weighted by Crippen LogP contribution is -2.49. The standard InChI is InChI=1S/C27H28BrN5O3S/c1-19(32-15-17-33(18-16-32)37(34,35)23-13-7-20(28)8-14-23)26-30-25-6-4-3-5-24(25)27(31-26)29-21-9-11-22(36-2)12-10-21/h3-14,19H,15-18H2,1-2H3,(H,29,30,31)/t19-/m0/s1. The van der Waals surface area contributed by atoms with Crippen molar-refractivity contribution in [2.75, 3.05) is 38.6 Å². The average Bonchev–Trinajstić information content (AvgIpc) is 2.93. The summed E-state index contributed by atoms with van der Waals surface area (Å²) in [6, 6.07) is 22.3. The minimum absolute atomic E-state index is 0.0847. The third-order valence-electron chi connectivity index (χ3n) is 6.62. The number of sulfonamides is 1. The van der Waals surface area contributed by atoms with Gasteiger partial charge < -0.3 is 10.1 Å². The van der Waals surface area contributed by atoms with Gasteiger partial charge in [0.1, 0.15) is 17.4 Å². The Labute approximate surface area is 225 Å². The quantitative estimate of drug-likeness (QED) is 0.320. The second kappa shape index (κ2) is 10.7. The van der Waals surface area contributed by atoms with Crippen LogP contribution in [-0.2, 0) is 10.0 Å². The molecular weight excluding hydrogens is 554 g/mol. The number of rotatable bonds is 7. The van der Waals surface area contributed by atoms with Crippen LogP contribution in [0.15, 0.2) is 82.2 Å². The molecule has 3 aromatic carbocycles. The topological polar surface area (TPSA) is 87.7 Å². The van der Waals surface area contributed by atoms with E-state index in [1.165, 1.54) is 0 Å². The molecule has 4 aromatic rings. The predicted molar refractivity (Wildman–Crippen MR) is 149 cm³/mol. The fourth-order valence-electron chi connectivity index (χ4n) is 4.44. The second-order valence-corrected chi connectivity index (χ2v) is 11.7. The fourth-order valence-corrected chi connectivity index (χ4v) is 6.12. The Morgan fingerprint density at radius 2 is 1.59 bits per heavy atom. The van der Waals surface area contributed by atoms with Crippen LogP contribution >= 0.6 is 15.9 Å². The normalized spacial score (nSPS) is 16.0. The molecule has 0 saturated carbocycles. The van der Waals surface area contributed by atoms with Gasteiger partial charge in [-0.1, -0.05) is 28.1 Å². The van der Waals surface area contributed by atoms with Crippen molar-refractivity contribution in [2.45, 2.75) is 17.9 Å². The zero-order chi connectivity index (χ0) is 26.0. The van der Waals surface area contributed by atoms with Crippen molar-refractivity contribution in [3.05, 3.63) is 83.1 Å². The summed E-state index contributed by atoms with van der Waals surface area (Å²) in [6.45, 7) is 4.07. The van der Waals surface area contributed by atoms with E-state index in [4.69, 9.17) is 14.7 Å². The Morgan fingerprint density at radius 1 is 0.919 bits per heavy atom. The molecule has 1 atom stereocenters. The number of benzene rings is 3. The first kappa shape index (κ1) is 25.6. The number of methoxy groups -OCH3 is 1. The smallest absolute Gasteiger partial charge is 0.243 e. The van der Waals surface area contributed by atoms with Gasteiger partial charge in [0, 0.05) is 41.7 Å². The molecule has 1 N–H and O–H groups in total. The number of halogens is 1. The molecule has 1 fully saturated rings. The zero-order valence-corrected chi connectivity index (χ0v) is 23.0. The van der Waals surface area contributed by atoms with E-state index in [2.05, 4.69) is 33.1 Å². The number of para-hydroxylation sites is 1. The Morgan fingerprint density at radius 3 is 2.27 bits per heavy atom. The van der Waals surface area contributed by atoms with E-state index in [0.717, 1.165) is 32.6 Å². The van der Waals surface area contributed by atoms with Crippen LogP contribution in [0.1, 0.15) is 18.8 Å². The molecule has 0 amide bonds. The van der Waals surface area contributed by atoms with Crippen LogP contribution in [0, 0.1) is 0 Å². The first-order chi connectivity index (χ1) is 17.8. The number of nitrogens with zero attached hydrogens (tertiary/aromatic N) is 4. The van der Waals surface area contributed by atoms with Crippen LogP contribution in [0.25, 0.3) is 10.9 Å². The maximum Gasteiger partial charge on any atom is 0.243 e. The van der Waals surface area contributed by atoms with Crippen LogP contribution in [-0.4, -0.2) is 60.9 Å². The summed E-state index contributed by atoms with van der Waals surface area (Å²) in [6.07, 6.45) is 0. The summed E-state index contributed by atoms with van der Waals surface area (Å²) in [4.78, 5) is 12.3. The number of piperazine rings is 1. The van der Waals surface area contributed by atoms with Gasteiger partial charge in [0.2, 0.25) is 10.0 Å². The molecule has 192 valence electrons. The van der Waals surface area contributed by atoms with Crippen molar-refractivity contribution in [3.63, 3.8) is 0 Å². The van der Waals surface area contributed by atoms with E-state index >= 15 is 0 Å². The first-order valence-corrected chi connectivity index (χ1v) is 14.3. The van der Waals surface area contributed by atoms with E-state index in [-0.39, 0.29) is 6.04 Å². The Balaban J connectivity index is 1.35. The highest BCUT2D eigenvalue weighted by atomic mass is 79.9. The van der Waals surface area contributed by atoms with E-state index in [1.807, 2.05) is 48.5 Å². The summed E-state index contributed by atoms with van der Waals surface area (Å²) in [7, 11) is -1.89. The SMILES string of the molecule is COc1ccc(Nc2nc([C@H](C)N3CCN(S(=O)(=O)c4ccc(Br)cc4)CC3)nc3ccccc23)cc1. The highest BCUT2D eigenvalue weighted by molar-refractivity contribution is 9.10. The Hall–Kier alpha value is -3.05. The lowest BCUT2D eigenvalue weighted by molar-refractivity contribution is 0.141. The van der Waals surface area contributed by atoms with Gasteiger partial charge in [0.15, 0.2) is 0 Å². The van der Waals surface area contributed by atoms with Crippen LogP contribution in [0.2, 0.25) is 0 Å². The van der Waals surface area contributed by atoms with Crippen LogP contribution < -0.4 is 10.1 Å². The molecule has 0 aliphatic carbocycles. The van der Waals surface area contributed by atoms with Gasteiger partial charge in [-0.2, -0.15) is 4.31 Å². The molecule has 37 heavy (non-hydrogen) atoms. The van der Waals surface area contributed by atoms with Gasteiger partial charge in [-0.05, 0) is 67.6 Å². The molecule has 0 radical (unpaired) electrons. The van der Waals surface area contributed by atoms with Crippen molar-refractivity contribution in [3.8, 4) is 5.75 Å². The largest absolute Gasteiger partial charge is 0.497 e. The fraction of sp³-hybridized carbons (Fsp3) is 0.259. The molecule has 0 bridgehead atoms. The molecule has 5 rings (SSSR count). The average molecular weight is 583 g/mol. The molecule has 0 unspecified atom stereocenters. The van der Waals surface area contributed by atoms with Gasteiger partial charge >= 0.3 is 0 Å². The summed E-state index contributed by atoms with van der Waals surface area (Å²) < 4.78 is 33.9. The molecule has 8 nitrogen and oxygen atoms in total. The summed E-state index contributed by atoms with van der Waals surface area (Å²) in [5, 5.41) is 4.36. The van der Waals surface area contributed by atoms with E-state index in [0.29, 0.717) is 36.9 Å². The van der Waals surface area contributed by atoms with Crippen molar-refractivity contribution >= 4 is 48.4 Å². The third kappa shape index (κ3) is 5.47. The number of anilines is 2. The molecule has 1 aliphatic rings. The van der Waals surface area contributed by atoms with Crippen molar-refractivity contribution in [1.29, 1.82) is 0 Å². The summed E-state index contributed by atoms with van der Waals surface area (Å²) >= 11 is 3.36. The van der Waals surface area contributed by atoms with Crippen molar-refractivity contribution in [1.82, 2.24) is 19.2 Å². The van der Waals surface area contributed by atoms with Gasteiger partial charge in [-0.25, -0.2) is 18.4 Å². The number of aromatic nitrogens is 2. The van der Waals surface area contributed by atoms with Gasteiger partial charge in [-0.3, -0.25) is 4.90 Å². The van der Waals surface area contributed by atoms with E-state index in [1.54, 1.807) is 35.7 Å². The first-order valence-electron chi connectivity index (χ1n) is 12.0. The number of hydrogen-bond acceptors (Lipinski definition) is 7. The molecule has 10 heteroatoms. The summed E-state index contributed by atoms with van der Waals surface area (Å²) in [5.74, 6) is 2.21. The lowest BCUT2D eigenvalue weighted by atomic mass is 10.2. The van der Waals surface area contributed by atoms with Crippen LogP contribution in [0.3, 0.4) is 0 Å². The third-order valence-corrected chi connectivity index (χ3v) is 9.06. The van der Waals surface area contributed by atoms with Gasteiger partial charge in [0.25, 0.3) is 0 Å². The maximum atomic E-state index is 13.1. The monoisotopic (exact) mass is 581 g/mol. The molecule has 2 heterocycles. The van der Waals surface area contributed by atoms with E-state index in [9.17, 15) is 8.42 Å². The van der Waals surface area contributed by atoms with Gasteiger partial charge in [-0.15, -0.1) is 0 Å². The lowest BCUT2D eigenvalue weighted by Gasteiger charge is -2.36. The van der Waals surface area contributed by atoms with E-state index < -0.39 is 10.0 Å². The number of ether oxygens (including phenoxy) is 1. The predicted octanol–water partition coefficient (Wildman–Crippen LogP) is 5.21. The molecule has 1 aromatic heterocycles. The number of nitrogens with one attached hydrogen (secondary N) is 1. The van der Waals surface area contributed by atoms with Crippen molar-refractivity contribution in [2.24, 2.45) is 0 Å². The highest BCUT2D eigenvalue weighted by Gasteiger charge is 2.31. The number of fused-ring (bicyclic) bond motifs is 1. The molecule has 0 spiro atoms. The maximum absolute atomic E-state index is 13.1. The molecule has 1 aliphatic heterocycles. The van der Waals surface area contributed by atoms with Crippen molar-refractivity contribution < 1.29 is 13.2 Å². The highest BCUT2D eigenvalue weighted by Crippen LogP contribution is 2.29. The summed E-state index contributed by atoms with van der Waals surface area (Å²) in [5.41, 5.74) is 1.75. The molecule has 1 saturated heterocycles.